The van der Waals surface area contributed by atoms with Crippen molar-refractivity contribution in [1.82, 2.24) is 10.2 Å². The highest BCUT2D eigenvalue weighted by atomic mass is 16.4. The lowest BCUT2D eigenvalue weighted by Crippen LogP contribution is -2.29. The van der Waals surface area contributed by atoms with Crippen molar-refractivity contribution in [2.24, 2.45) is 5.92 Å². The molecule has 0 radical (unpaired) electrons. The van der Waals surface area contributed by atoms with Crippen molar-refractivity contribution in [3.63, 3.8) is 0 Å². The Labute approximate surface area is 76.9 Å². The number of rotatable bonds is 3. The molecule has 1 aromatic rings. The van der Waals surface area contributed by atoms with Gasteiger partial charge in [0.05, 0.1) is 0 Å². The fourth-order valence-electron chi connectivity index (χ4n) is 1.52. The van der Waals surface area contributed by atoms with Crippen molar-refractivity contribution in [1.29, 1.82) is 0 Å². The normalized spacial score (nSPS) is 17.0. The molecule has 1 fully saturated rings. The van der Waals surface area contributed by atoms with E-state index in [0.29, 0.717) is 6.01 Å². The first-order valence-electron chi connectivity index (χ1n) is 4.56. The fourth-order valence-corrected chi connectivity index (χ4v) is 1.52. The largest absolute Gasteiger partial charge is 0.390 e. The maximum Gasteiger partial charge on any atom is 0.319 e. The summed E-state index contributed by atoms with van der Waals surface area (Å²) in [5, 5.41) is 7.42. The minimum Gasteiger partial charge on any atom is -0.390 e. The van der Waals surface area contributed by atoms with Crippen LogP contribution in [0.5, 0.6) is 0 Å². The van der Waals surface area contributed by atoms with Gasteiger partial charge in [-0.05, 0) is 18.8 Å². The summed E-state index contributed by atoms with van der Waals surface area (Å²) in [6, 6.07) is 0.653. The molecular formula is C8H14N4O. The van der Waals surface area contributed by atoms with E-state index in [4.69, 9.17) is 10.2 Å². The molecule has 1 aliphatic carbocycles. The van der Waals surface area contributed by atoms with Crippen molar-refractivity contribution in [2.45, 2.75) is 19.3 Å². The Morgan fingerprint density at radius 2 is 2.31 bits per heavy atom. The first-order valence-corrected chi connectivity index (χ1v) is 4.56. The molecule has 2 N–H and O–H groups in total. The molecule has 0 saturated heterocycles. The van der Waals surface area contributed by atoms with Gasteiger partial charge in [-0.15, -0.1) is 0 Å². The standard InChI is InChI=1S/C8H14N4O/c1-12(5-6-3-2-4-6)8-11-10-7(9)13-8/h6H,2-5H2,1H3,(H2,9,10). The van der Waals surface area contributed by atoms with E-state index in [1.165, 1.54) is 19.3 Å². The van der Waals surface area contributed by atoms with Crippen molar-refractivity contribution < 1.29 is 4.42 Å². The minimum atomic E-state index is 0.135. The second-order valence-corrected chi connectivity index (χ2v) is 3.60. The predicted molar refractivity (Wildman–Crippen MR) is 49.3 cm³/mol. The molecule has 5 nitrogen and oxygen atoms in total. The van der Waals surface area contributed by atoms with Crippen molar-refractivity contribution in [2.75, 3.05) is 24.2 Å². The third kappa shape index (κ3) is 1.74. The molecule has 0 aliphatic heterocycles. The Bertz CT molecular complexity index is 281. The van der Waals surface area contributed by atoms with Crippen LogP contribution in [0.15, 0.2) is 4.42 Å². The van der Waals surface area contributed by atoms with Crippen LogP contribution < -0.4 is 10.6 Å². The molecule has 0 bridgehead atoms. The zero-order valence-electron chi connectivity index (χ0n) is 7.73. The van der Waals surface area contributed by atoms with Gasteiger partial charge in [-0.25, -0.2) is 0 Å². The van der Waals surface area contributed by atoms with Crippen LogP contribution in [0.1, 0.15) is 19.3 Å². The van der Waals surface area contributed by atoms with E-state index in [1.54, 1.807) is 0 Å². The summed E-state index contributed by atoms with van der Waals surface area (Å²) in [6.45, 7) is 0.988. The predicted octanol–water partition coefficient (Wildman–Crippen LogP) is 0.888. The second kappa shape index (κ2) is 3.24. The Morgan fingerprint density at radius 1 is 1.54 bits per heavy atom. The highest BCUT2D eigenvalue weighted by Crippen LogP contribution is 2.27. The minimum absolute atomic E-state index is 0.135. The summed E-state index contributed by atoms with van der Waals surface area (Å²) in [5.74, 6) is 0.790. The van der Waals surface area contributed by atoms with Crippen molar-refractivity contribution >= 4 is 12.0 Å². The Hall–Kier alpha value is -1.26. The number of nitrogens with two attached hydrogens (primary N) is 1. The van der Waals surface area contributed by atoms with E-state index >= 15 is 0 Å². The summed E-state index contributed by atoms with van der Waals surface area (Å²) >= 11 is 0. The molecule has 0 spiro atoms. The molecule has 2 rings (SSSR count). The van der Waals surface area contributed by atoms with Gasteiger partial charge in [0.1, 0.15) is 0 Å². The SMILES string of the molecule is CN(CC1CCC1)c1nnc(N)o1. The fraction of sp³-hybridized carbons (Fsp3) is 0.750. The Morgan fingerprint density at radius 3 is 2.77 bits per heavy atom. The average molecular weight is 182 g/mol. The average Bonchev–Trinajstić information content (AvgIpc) is 2.44. The van der Waals surface area contributed by atoms with E-state index in [0.717, 1.165) is 12.5 Å². The van der Waals surface area contributed by atoms with Gasteiger partial charge in [-0.2, -0.15) is 0 Å². The molecule has 0 unspecified atom stereocenters. The van der Waals surface area contributed by atoms with Crippen LogP contribution in [-0.4, -0.2) is 23.8 Å². The molecule has 13 heavy (non-hydrogen) atoms. The van der Waals surface area contributed by atoms with E-state index in [1.807, 2.05) is 11.9 Å². The third-order valence-electron chi connectivity index (χ3n) is 2.51. The van der Waals surface area contributed by atoms with Gasteiger partial charge >= 0.3 is 12.0 Å². The third-order valence-corrected chi connectivity index (χ3v) is 2.51. The van der Waals surface area contributed by atoms with Gasteiger partial charge in [0.2, 0.25) is 0 Å². The summed E-state index contributed by atoms with van der Waals surface area (Å²) in [7, 11) is 1.95. The summed E-state index contributed by atoms with van der Waals surface area (Å²) in [4.78, 5) is 1.97. The molecular weight excluding hydrogens is 168 g/mol. The monoisotopic (exact) mass is 182 g/mol. The van der Waals surface area contributed by atoms with Gasteiger partial charge in [0.25, 0.3) is 0 Å². The van der Waals surface area contributed by atoms with Crippen LogP contribution in [0.25, 0.3) is 0 Å². The number of hydrogen-bond acceptors (Lipinski definition) is 5. The molecule has 1 aromatic heterocycles. The van der Waals surface area contributed by atoms with Crippen LogP contribution in [0.4, 0.5) is 12.0 Å². The zero-order valence-corrected chi connectivity index (χ0v) is 7.73. The smallest absolute Gasteiger partial charge is 0.319 e. The molecule has 0 aromatic carbocycles. The maximum atomic E-state index is 5.33. The molecule has 1 saturated carbocycles. The van der Waals surface area contributed by atoms with Crippen LogP contribution in [0.3, 0.4) is 0 Å². The van der Waals surface area contributed by atoms with Crippen molar-refractivity contribution in [3.05, 3.63) is 0 Å². The highest BCUT2D eigenvalue weighted by molar-refractivity contribution is 5.26. The van der Waals surface area contributed by atoms with E-state index < -0.39 is 0 Å². The second-order valence-electron chi connectivity index (χ2n) is 3.60. The number of nitrogens with zero attached hydrogens (tertiary/aromatic N) is 3. The maximum absolute atomic E-state index is 5.33. The summed E-state index contributed by atoms with van der Waals surface area (Å²) < 4.78 is 5.10. The lowest BCUT2D eigenvalue weighted by atomic mass is 9.85. The molecule has 72 valence electrons. The van der Waals surface area contributed by atoms with Crippen LogP contribution in [-0.2, 0) is 0 Å². The zero-order chi connectivity index (χ0) is 9.26. The topological polar surface area (TPSA) is 68.2 Å². The number of nitrogen functional groups attached to an aromatic ring is 1. The Kier molecular flexibility index (Phi) is 2.08. The molecule has 5 heteroatoms. The van der Waals surface area contributed by atoms with Crippen LogP contribution in [0.2, 0.25) is 0 Å². The number of hydrogen-bond donors (Lipinski definition) is 1. The van der Waals surface area contributed by atoms with Gasteiger partial charge in [-0.1, -0.05) is 16.6 Å². The van der Waals surface area contributed by atoms with Crippen LogP contribution in [0, 0.1) is 5.92 Å². The van der Waals surface area contributed by atoms with Gasteiger partial charge in [-0.3, -0.25) is 0 Å². The lowest BCUT2D eigenvalue weighted by Gasteiger charge is -2.28. The molecule has 0 amide bonds. The summed E-state index contributed by atoms with van der Waals surface area (Å²) in [6.07, 6.45) is 3.98. The first-order chi connectivity index (χ1) is 6.25. The lowest BCUT2D eigenvalue weighted by molar-refractivity contribution is 0.317. The van der Waals surface area contributed by atoms with Crippen LogP contribution >= 0.6 is 0 Å². The molecule has 0 atom stereocenters. The molecule has 1 heterocycles. The first kappa shape index (κ1) is 8.34. The van der Waals surface area contributed by atoms with E-state index in [-0.39, 0.29) is 6.01 Å². The number of aromatic nitrogens is 2. The summed E-state index contributed by atoms with van der Waals surface area (Å²) in [5.41, 5.74) is 5.33. The van der Waals surface area contributed by atoms with E-state index in [2.05, 4.69) is 10.2 Å². The molecule has 1 aliphatic rings. The highest BCUT2D eigenvalue weighted by Gasteiger charge is 2.21. The van der Waals surface area contributed by atoms with Gasteiger partial charge < -0.3 is 15.1 Å². The quantitative estimate of drug-likeness (QED) is 0.751. The Balaban J connectivity index is 1.92. The number of anilines is 2. The van der Waals surface area contributed by atoms with Crippen molar-refractivity contribution in [3.8, 4) is 0 Å². The van der Waals surface area contributed by atoms with Gasteiger partial charge in [0, 0.05) is 13.6 Å². The van der Waals surface area contributed by atoms with Gasteiger partial charge in [0.15, 0.2) is 0 Å². The van der Waals surface area contributed by atoms with E-state index in [9.17, 15) is 0 Å².